The van der Waals surface area contributed by atoms with Crippen LogP contribution in [0, 0.1) is 0 Å². The molecule has 0 saturated carbocycles. The summed E-state index contributed by atoms with van der Waals surface area (Å²) in [7, 11) is 1.45. The van der Waals surface area contributed by atoms with Gasteiger partial charge in [0.25, 0.3) is 0 Å². The molecule has 2 nitrogen and oxygen atoms in total. The van der Waals surface area contributed by atoms with E-state index < -0.39 is 12.7 Å². The van der Waals surface area contributed by atoms with Crippen LogP contribution in [0.5, 0.6) is 0 Å². The molecule has 1 aromatic carbocycles. The second kappa shape index (κ2) is 6.09. The molecule has 0 aliphatic heterocycles. The SMILES string of the molecule is CCC(N)Cc1ccccc1N(C)CC(F)(F)F. The van der Waals surface area contributed by atoms with Gasteiger partial charge < -0.3 is 10.6 Å². The fourth-order valence-electron chi connectivity index (χ4n) is 1.84. The Morgan fingerprint density at radius 2 is 1.89 bits per heavy atom. The van der Waals surface area contributed by atoms with E-state index >= 15 is 0 Å². The van der Waals surface area contributed by atoms with Crippen molar-refractivity contribution in [3.05, 3.63) is 29.8 Å². The molecule has 0 aromatic heterocycles. The minimum absolute atomic E-state index is 0.0227. The highest BCUT2D eigenvalue weighted by atomic mass is 19.4. The molecule has 5 heteroatoms. The van der Waals surface area contributed by atoms with Gasteiger partial charge in [0, 0.05) is 18.8 Å². The highest BCUT2D eigenvalue weighted by Gasteiger charge is 2.30. The Morgan fingerprint density at radius 3 is 2.44 bits per heavy atom. The maximum atomic E-state index is 12.4. The molecule has 1 unspecified atom stereocenters. The molecule has 1 rings (SSSR count). The third-order valence-electron chi connectivity index (χ3n) is 2.83. The van der Waals surface area contributed by atoms with Gasteiger partial charge in [0.2, 0.25) is 0 Å². The van der Waals surface area contributed by atoms with Crippen LogP contribution < -0.4 is 10.6 Å². The molecular weight excluding hydrogens is 241 g/mol. The number of hydrogen-bond donors (Lipinski definition) is 1. The summed E-state index contributed by atoms with van der Waals surface area (Å²) in [5.41, 5.74) is 7.32. The summed E-state index contributed by atoms with van der Waals surface area (Å²) in [5.74, 6) is 0. The Kier molecular flexibility index (Phi) is 5.02. The molecule has 0 aliphatic rings. The van der Waals surface area contributed by atoms with Gasteiger partial charge in [0.05, 0.1) is 0 Å². The van der Waals surface area contributed by atoms with Crippen molar-refractivity contribution in [2.75, 3.05) is 18.5 Å². The van der Waals surface area contributed by atoms with Crippen LogP contribution in [0.4, 0.5) is 18.9 Å². The van der Waals surface area contributed by atoms with Crippen LogP contribution in [0.1, 0.15) is 18.9 Å². The van der Waals surface area contributed by atoms with E-state index in [0.29, 0.717) is 12.1 Å². The lowest BCUT2D eigenvalue weighted by Gasteiger charge is -2.24. The van der Waals surface area contributed by atoms with E-state index in [2.05, 4.69) is 0 Å². The highest BCUT2D eigenvalue weighted by Crippen LogP contribution is 2.25. The monoisotopic (exact) mass is 260 g/mol. The lowest BCUT2D eigenvalue weighted by Crippen LogP contribution is -2.32. The predicted molar refractivity (Wildman–Crippen MR) is 67.7 cm³/mol. The zero-order valence-electron chi connectivity index (χ0n) is 10.7. The fourth-order valence-corrected chi connectivity index (χ4v) is 1.84. The van der Waals surface area contributed by atoms with Crippen molar-refractivity contribution in [3.8, 4) is 0 Å². The summed E-state index contributed by atoms with van der Waals surface area (Å²) in [6.45, 7) is 1.01. The molecule has 0 radical (unpaired) electrons. The van der Waals surface area contributed by atoms with Gasteiger partial charge in [-0.2, -0.15) is 13.2 Å². The number of halogens is 3. The van der Waals surface area contributed by atoms with Gasteiger partial charge in [0.15, 0.2) is 0 Å². The van der Waals surface area contributed by atoms with Gasteiger partial charge >= 0.3 is 6.18 Å². The normalized spacial score (nSPS) is 13.4. The molecule has 0 heterocycles. The Hall–Kier alpha value is -1.23. The fraction of sp³-hybridized carbons (Fsp3) is 0.538. The number of rotatable bonds is 5. The first-order chi connectivity index (χ1) is 8.33. The summed E-state index contributed by atoms with van der Waals surface area (Å²) in [4.78, 5) is 1.22. The van der Waals surface area contributed by atoms with Crippen molar-refractivity contribution >= 4 is 5.69 Å². The zero-order chi connectivity index (χ0) is 13.8. The molecule has 0 bridgehead atoms. The predicted octanol–water partition coefficient (Wildman–Crippen LogP) is 2.96. The third-order valence-corrected chi connectivity index (χ3v) is 2.83. The van der Waals surface area contributed by atoms with Gasteiger partial charge in [-0.05, 0) is 24.5 Å². The molecule has 102 valence electrons. The Balaban J connectivity index is 2.87. The van der Waals surface area contributed by atoms with Crippen LogP contribution in [-0.2, 0) is 6.42 Å². The molecule has 0 spiro atoms. The lowest BCUT2D eigenvalue weighted by molar-refractivity contribution is -0.119. The number of alkyl halides is 3. The van der Waals surface area contributed by atoms with Gasteiger partial charge in [-0.3, -0.25) is 0 Å². The Labute approximate surface area is 106 Å². The second-order valence-corrected chi connectivity index (χ2v) is 4.47. The molecule has 0 fully saturated rings. The van der Waals surface area contributed by atoms with E-state index in [0.717, 1.165) is 12.0 Å². The number of benzene rings is 1. The first kappa shape index (κ1) is 14.8. The standard InChI is InChI=1S/C13H19F3N2/c1-3-11(17)8-10-6-4-5-7-12(10)18(2)9-13(14,15)16/h4-7,11H,3,8-9,17H2,1-2H3. The molecule has 0 saturated heterocycles. The molecule has 1 aromatic rings. The summed E-state index contributed by atoms with van der Waals surface area (Å²) in [6, 6.07) is 7.07. The topological polar surface area (TPSA) is 29.3 Å². The maximum absolute atomic E-state index is 12.4. The summed E-state index contributed by atoms with van der Waals surface area (Å²) >= 11 is 0. The number of anilines is 1. The molecule has 0 aliphatic carbocycles. The number of hydrogen-bond acceptors (Lipinski definition) is 2. The Bertz CT molecular complexity index is 377. The van der Waals surface area contributed by atoms with Crippen LogP contribution in [-0.4, -0.2) is 25.8 Å². The van der Waals surface area contributed by atoms with Gasteiger partial charge in [-0.25, -0.2) is 0 Å². The van der Waals surface area contributed by atoms with E-state index in [9.17, 15) is 13.2 Å². The average Bonchev–Trinajstić information content (AvgIpc) is 2.27. The van der Waals surface area contributed by atoms with Crippen molar-refractivity contribution in [2.45, 2.75) is 32.0 Å². The smallest absolute Gasteiger partial charge is 0.365 e. The summed E-state index contributed by atoms with van der Waals surface area (Å²) in [5, 5.41) is 0. The van der Waals surface area contributed by atoms with E-state index in [-0.39, 0.29) is 6.04 Å². The van der Waals surface area contributed by atoms with Crippen LogP contribution in [0.15, 0.2) is 24.3 Å². The maximum Gasteiger partial charge on any atom is 0.405 e. The van der Waals surface area contributed by atoms with E-state index in [1.807, 2.05) is 19.1 Å². The lowest BCUT2D eigenvalue weighted by atomic mass is 10.0. The first-order valence-electron chi connectivity index (χ1n) is 5.95. The third kappa shape index (κ3) is 4.56. The van der Waals surface area contributed by atoms with E-state index in [4.69, 9.17) is 5.73 Å². The minimum Gasteiger partial charge on any atom is -0.365 e. The molecule has 18 heavy (non-hydrogen) atoms. The first-order valence-corrected chi connectivity index (χ1v) is 5.95. The van der Waals surface area contributed by atoms with Gasteiger partial charge in [-0.1, -0.05) is 25.1 Å². The van der Waals surface area contributed by atoms with Gasteiger partial charge in [-0.15, -0.1) is 0 Å². The molecule has 2 N–H and O–H groups in total. The van der Waals surface area contributed by atoms with Crippen molar-refractivity contribution < 1.29 is 13.2 Å². The molecular formula is C13H19F3N2. The van der Waals surface area contributed by atoms with Gasteiger partial charge in [0.1, 0.15) is 6.54 Å². The van der Waals surface area contributed by atoms with Crippen molar-refractivity contribution in [1.29, 1.82) is 0 Å². The average molecular weight is 260 g/mol. The number of para-hydroxylation sites is 1. The number of nitrogens with two attached hydrogens (primary N) is 1. The second-order valence-electron chi connectivity index (χ2n) is 4.47. The summed E-state index contributed by atoms with van der Waals surface area (Å²) in [6.07, 6.45) is -2.80. The van der Waals surface area contributed by atoms with Crippen LogP contribution in [0.3, 0.4) is 0 Å². The Morgan fingerprint density at radius 1 is 1.28 bits per heavy atom. The highest BCUT2D eigenvalue weighted by molar-refractivity contribution is 5.53. The van der Waals surface area contributed by atoms with Crippen LogP contribution in [0.2, 0.25) is 0 Å². The van der Waals surface area contributed by atoms with Crippen LogP contribution >= 0.6 is 0 Å². The van der Waals surface area contributed by atoms with Crippen molar-refractivity contribution in [3.63, 3.8) is 0 Å². The summed E-state index contributed by atoms with van der Waals surface area (Å²) < 4.78 is 37.2. The van der Waals surface area contributed by atoms with E-state index in [1.54, 1.807) is 12.1 Å². The molecule has 0 amide bonds. The number of nitrogens with zero attached hydrogens (tertiary/aromatic N) is 1. The van der Waals surface area contributed by atoms with Crippen molar-refractivity contribution in [2.24, 2.45) is 5.73 Å². The minimum atomic E-state index is -4.20. The quantitative estimate of drug-likeness (QED) is 0.882. The zero-order valence-corrected chi connectivity index (χ0v) is 10.7. The largest absolute Gasteiger partial charge is 0.405 e. The van der Waals surface area contributed by atoms with E-state index in [1.165, 1.54) is 11.9 Å². The molecule has 1 atom stereocenters. The van der Waals surface area contributed by atoms with Crippen LogP contribution in [0.25, 0.3) is 0 Å². The van der Waals surface area contributed by atoms with Crippen molar-refractivity contribution in [1.82, 2.24) is 0 Å².